The molecule has 0 saturated heterocycles. The molecule has 2 atom stereocenters. The number of alkyl halides is 3. The molecule has 5 rings (SSSR count). The number of hydrogen-bond acceptors (Lipinski definition) is 4. The van der Waals surface area contributed by atoms with Crippen molar-refractivity contribution in [2.24, 2.45) is 5.92 Å². The molecule has 1 saturated carbocycles. The summed E-state index contributed by atoms with van der Waals surface area (Å²) in [6, 6.07) is 13.8. The average Bonchev–Trinajstić information content (AvgIpc) is 3.71. The highest BCUT2D eigenvalue weighted by molar-refractivity contribution is 5.73. The number of rotatable bonds is 8. The van der Waals surface area contributed by atoms with Crippen LogP contribution in [0.1, 0.15) is 54.4 Å². The zero-order valence-corrected chi connectivity index (χ0v) is 20.6. The van der Waals surface area contributed by atoms with Crippen molar-refractivity contribution in [3.05, 3.63) is 77.1 Å². The number of methoxy groups -OCH3 is 1. The van der Waals surface area contributed by atoms with E-state index in [0.29, 0.717) is 35.8 Å². The van der Waals surface area contributed by atoms with E-state index in [1.807, 2.05) is 18.2 Å². The predicted octanol–water partition coefficient (Wildman–Crippen LogP) is 7.43. The van der Waals surface area contributed by atoms with E-state index in [4.69, 9.17) is 9.47 Å². The van der Waals surface area contributed by atoms with Crippen LogP contribution in [0.3, 0.4) is 0 Å². The molecule has 3 aromatic rings. The SMILES string of the molecule is COc1ccc(F)c(-c2ccc(C3CCc4ccc(C(CC(=O)O)C5CC5)cc4O3)cc2OC(F)(F)F)c1. The van der Waals surface area contributed by atoms with Crippen molar-refractivity contribution in [3.8, 4) is 28.4 Å². The average molecular weight is 531 g/mol. The Morgan fingerprint density at radius 2 is 1.84 bits per heavy atom. The first kappa shape index (κ1) is 25.9. The summed E-state index contributed by atoms with van der Waals surface area (Å²) < 4.78 is 70.2. The van der Waals surface area contributed by atoms with Gasteiger partial charge in [-0.2, -0.15) is 0 Å². The van der Waals surface area contributed by atoms with Gasteiger partial charge in [0.1, 0.15) is 29.2 Å². The molecule has 2 aliphatic rings. The van der Waals surface area contributed by atoms with Crippen molar-refractivity contribution >= 4 is 5.97 Å². The van der Waals surface area contributed by atoms with Crippen molar-refractivity contribution in [1.29, 1.82) is 0 Å². The summed E-state index contributed by atoms with van der Waals surface area (Å²) in [5.41, 5.74) is 2.15. The van der Waals surface area contributed by atoms with Gasteiger partial charge in [0.15, 0.2) is 0 Å². The summed E-state index contributed by atoms with van der Waals surface area (Å²) in [6.45, 7) is 0. The second kappa shape index (κ2) is 10.2. The molecule has 1 N–H and O–H groups in total. The summed E-state index contributed by atoms with van der Waals surface area (Å²) in [5.74, 6) is -1.01. The van der Waals surface area contributed by atoms with Crippen LogP contribution >= 0.6 is 0 Å². The predicted molar refractivity (Wildman–Crippen MR) is 131 cm³/mol. The highest BCUT2D eigenvalue weighted by Gasteiger charge is 2.35. The van der Waals surface area contributed by atoms with Gasteiger partial charge in [0, 0.05) is 11.1 Å². The number of hydrogen-bond donors (Lipinski definition) is 1. The van der Waals surface area contributed by atoms with Crippen LogP contribution in [0.2, 0.25) is 0 Å². The molecule has 9 heteroatoms. The van der Waals surface area contributed by atoms with E-state index in [9.17, 15) is 27.5 Å². The Morgan fingerprint density at radius 1 is 1.05 bits per heavy atom. The minimum absolute atomic E-state index is 0.0350. The second-order valence-corrected chi connectivity index (χ2v) is 9.70. The van der Waals surface area contributed by atoms with Gasteiger partial charge in [-0.1, -0.05) is 24.3 Å². The maximum Gasteiger partial charge on any atom is 0.573 e. The van der Waals surface area contributed by atoms with Crippen LogP contribution < -0.4 is 14.2 Å². The fourth-order valence-corrected chi connectivity index (χ4v) is 5.10. The normalized spacial score (nSPS) is 17.8. The Balaban J connectivity index is 1.47. The lowest BCUT2D eigenvalue weighted by Gasteiger charge is -2.28. The molecule has 3 aromatic carbocycles. The van der Waals surface area contributed by atoms with Crippen LogP contribution in [0.25, 0.3) is 11.1 Å². The largest absolute Gasteiger partial charge is 0.573 e. The summed E-state index contributed by atoms with van der Waals surface area (Å²) >= 11 is 0. The van der Waals surface area contributed by atoms with Crippen LogP contribution in [-0.2, 0) is 11.2 Å². The van der Waals surface area contributed by atoms with Crippen LogP contribution in [0, 0.1) is 11.7 Å². The third-order valence-electron chi connectivity index (χ3n) is 7.12. The van der Waals surface area contributed by atoms with E-state index < -0.39 is 30.0 Å². The number of aliphatic carboxylic acids is 1. The minimum Gasteiger partial charge on any atom is -0.497 e. The number of carboxylic acids is 1. The Hall–Kier alpha value is -3.75. The Morgan fingerprint density at radius 3 is 2.53 bits per heavy atom. The fourth-order valence-electron chi connectivity index (χ4n) is 5.10. The van der Waals surface area contributed by atoms with E-state index in [1.165, 1.54) is 31.4 Å². The lowest BCUT2D eigenvalue weighted by molar-refractivity contribution is -0.274. The molecule has 5 nitrogen and oxygen atoms in total. The molecule has 1 fully saturated rings. The molecule has 0 spiro atoms. The Kier molecular flexibility index (Phi) is 6.94. The Labute approximate surface area is 217 Å². The van der Waals surface area contributed by atoms with Crippen LogP contribution in [0.15, 0.2) is 54.6 Å². The van der Waals surface area contributed by atoms with Gasteiger partial charge in [-0.25, -0.2) is 4.39 Å². The van der Waals surface area contributed by atoms with Crippen molar-refractivity contribution < 1.29 is 41.7 Å². The van der Waals surface area contributed by atoms with Gasteiger partial charge in [-0.05, 0) is 84.5 Å². The molecule has 1 aliphatic carbocycles. The lowest BCUT2D eigenvalue weighted by Crippen LogP contribution is -2.19. The Bertz CT molecular complexity index is 1350. The molecule has 1 aliphatic heterocycles. The summed E-state index contributed by atoms with van der Waals surface area (Å²) in [4.78, 5) is 11.4. The molecule has 1 heterocycles. The summed E-state index contributed by atoms with van der Waals surface area (Å²) in [5, 5.41) is 9.36. The number of ether oxygens (including phenoxy) is 3. The van der Waals surface area contributed by atoms with Gasteiger partial charge in [0.05, 0.1) is 13.5 Å². The van der Waals surface area contributed by atoms with Gasteiger partial charge in [-0.15, -0.1) is 13.2 Å². The van der Waals surface area contributed by atoms with Gasteiger partial charge < -0.3 is 19.3 Å². The van der Waals surface area contributed by atoms with Crippen molar-refractivity contribution in [1.82, 2.24) is 0 Å². The highest BCUT2D eigenvalue weighted by Crippen LogP contribution is 2.47. The first-order valence-corrected chi connectivity index (χ1v) is 12.4. The minimum atomic E-state index is -4.99. The van der Waals surface area contributed by atoms with Gasteiger partial charge in [-0.3, -0.25) is 4.79 Å². The maximum atomic E-state index is 14.6. The van der Waals surface area contributed by atoms with Gasteiger partial charge in [0.2, 0.25) is 0 Å². The summed E-state index contributed by atoms with van der Waals surface area (Å²) in [7, 11) is 1.38. The summed E-state index contributed by atoms with van der Waals surface area (Å²) in [6.07, 6.45) is -2.38. The fraction of sp³-hybridized carbons (Fsp3) is 0.345. The molecule has 0 radical (unpaired) electrons. The quantitative estimate of drug-likeness (QED) is 0.307. The third-order valence-corrected chi connectivity index (χ3v) is 7.12. The highest BCUT2D eigenvalue weighted by atomic mass is 19.4. The number of benzene rings is 3. The first-order valence-electron chi connectivity index (χ1n) is 12.4. The van der Waals surface area contributed by atoms with E-state index in [2.05, 4.69) is 4.74 Å². The molecule has 200 valence electrons. The lowest BCUT2D eigenvalue weighted by atomic mass is 9.88. The van der Waals surface area contributed by atoms with E-state index in [0.717, 1.165) is 30.0 Å². The second-order valence-electron chi connectivity index (χ2n) is 9.70. The molecule has 0 aromatic heterocycles. The number of carboxylic acid groups (broad SMARTS) is 1. The molecular weight excluding hydrogens is 504 g/mol. The third kappa shape index (κ3) is 5.71. The van der Waals surface area contributed by atoms with E-state index >= 15 is 0 Å². The smallest absolute Gasteiger partial charge is 0.497 e. The number of aryl methyl sites for hydroxylation is 1. The van der Waals surface area contributed by atoms with Crippen LogP contribution in [0.5, 0.6) is 17.2 Å². The number of halogens is 4. The number of carbonyl (C=O) groups is 1. The standard InChI is InChI=1S/C29H26F4O5/c1-36-20-8-10-24(30)23(14-20)21-9-6-19(13-27(21)38-29(31,32)33)25-11-7-17-4-5-18(12-26(17)37-25)22(15-28(34)35)16-2-3-16/h4-6,8-10,12-14,16,22,25H,2-3,7,11,15H2,1H3,(H,34,35). The van der Waals surface area contributed by atoms with E-state index in [-0.39, 0.29) is 23.5 Å². The topological polar surface area (TPSA) is 65.0 Å². The molecule has 2 unspecified atom stereocenters. The van der Waals surface area contributed by atoms with Gasteiger partial charge in [0.25, 0.3) is 0 Å². The molecule has 38 heavy (non-hydrogen) atoms. The molecular formula is C29H26F4O5. The van der Waals surface area contributed by atoms with Gasteiger partial charge >= 0.3 is 12.3 Å². The van der Waals surface area contributed by atoms with Crippen LogP contribution in [-0.4, -0.2) is 24.5 Å². The van der Waals surface area contributed by atoms with Crippen molar-refractivity contribution in [3.63, 3.8) is 0 Å². The molecule has 0 amide bonds. The van der Waals surface area contributed by atoms with Crippen molar-refractivity contribution in [2.45, 2.75) is 50.5 Å². The number of fused-ring (bicyclic) bond motifs is 1. The molecule has 0 bridgehead atoms. The maximum absolute atomic E-state index is 14.6. The van der Waals surface area contributed by atoms with Crippen LogP contribution in [0.4, 0.5) is 17.6 Å². The monoisotopic (exact) mass is 530 g/mol. The zero-order chi connectivity index (χ0) is 27.0. The van der Waals surface area contributed by atoms with Crippen molar-refractivity contribution in [2.75, 3.05) is 7.11 Å². The van der Waals surface area contributed by atoms with E-state index in [1.54, 1.807) is 6.07 Å². The first-order chi connectivity index (χ1) is 18.1. The zero-order valence-electron chi connectivity index (χ0n) is 20.6.